The Bertz CT molecular complexity index is 1600. The molecule has 1 aliphatic heterocycles. The topological polar surface area (TPSA) is 72.9 Å². The zero-order valence-electron chi connectivity index (χ0n) is 22.3. The highest BCUT2D eigenvalue weighted by atomic mass is 35.5. The van der Waals surface area contributed by atoms with Crippen LogP contribution in [0.1, 0.15) is 28.7 Å². The average molecular weight is 705 g/mol. The Hall–Kier alpha value is -2.55. The lowest BCUT2D eigenvalue weighted by Crippen LogP contribution is -2.52. The second-order valence-corrected chi connectivity index (χ2v) is 12.7. The van der Waals surface area contributed by atoms with E-state index in [9.17, 15) is 39.6 Å². The van der Waals surface area contributed by atoms with Gasteiger partial charge in [-0.15, -0.1) is 0 Å². The van der Waals surface area contributed by atoms with Gasteiger partial charge in [0, 0.05) is 18.0 Å². The van der Waals surface area contributed by atoms with Crippen LogP contribution >= 0.6 is 34.8 Å². The van der Waals surface area contributed by atoms with Crippen LogP contribution in [0.2, 0.25) is 15.1 Å². The summed E-state index contributed by atoms with van der Waals surface area (Å²) in [6.45, 7) is -0.835. The highest BCUT2D eigenvalue weighted by Gasteiger charge is 2.41. The number of hydrogen-bond acceptors (Lipinski definition) is 5. The SMILES string of the molecule is O=C(Cc1cc(C(F)(F)F)cc(C(F)(F)F)c1)N1CCOC(CCOS(=O)(=O)c2ccc(Cl)cc2)(c2ccc(Cl)c(Cl)c2)C1. The summed E-state index contributed by atoms with van der Waals surface area (Å²) in [5.41, 5.74) is -4.61. The van der Waals surface area contributed by atoms with Crippen molar-refractivity contribution in [1.29, 1.82) is 0 Å². The summed E-state index contributed by atoms with van der Waals surface area (Å²) < 4.78 is 117. The molecule has 238 valence electrons. The van der Waals surface area contributed by atoms with Crippen LogP contribution in [0.3, 0.4) is 0 Å². The first-order valence-corrected chi connectivity index (χ1v) is 15.2. The van der Waals surface area contributed by atoms with Gasteiger partial charge in [0.1, 0.15) is 5.60 Å². The number of amides is 1. The highest BCUT2D eigenvalue weighted by Crippen LogP contribution is 2.39. The summed E-state index contributed by atoms with van der Waals surface area (Å²) in [4.78, 5) is 14.4. The van der Waals surface area contributed by atoms with Crippen LogP contribution in [-0.4, -0.2) is 45.5 Å². The molecule has 3 aromatic carbocycles. The smallest absolute Gasteiger partial charge is 0.366 e. The second kappa shape index (κ2) is 13.1. The summed E-state index contributed by atoms with van der Waals surface area (Å²) >= 11 is 18.1. The number of benzene rings is 3. The molecule has 1 aliphatic rings. The predicted molar refractivity (Wildman–Crippen MR) is 150 cm³/mol. The van der Waals surface area contributed by atoms with Crippen LogP contribution in [0.5, 0.6) is 0 Å². The average Bonchev–Trinajstić information content (AvgIpc) is 2.93. The van der Waals surface area contributed by atoms with Crippen molar-refractivity contribution in [1.82, 2.24) is 4.90 Å². The fraction of sp³-hybridized carbons (Fsp3) is 0.321. The van der Waals surface area contributed by atoms with Gasteiger partial charge in [0.15, 0.2) is 0 Å². The van der Waals surface area contributed by atoms with Crippen molar-refractivity contribution in [3.8, 4) is 0 Å². The van der Waals surface area contributed by atoms with Crippen LogP contribution < -0.4 is 0 Å². The summed E-state index contributed by atoms with van der Waals surface area (Å²) in [6.07, 6.45) is -11.1. The van der Waals surface area contributed by atoms with Crippen molar-refractivity contribution >= 4 is 50.8 Å². The van der Waals surface area contributed by atoms with Crippen molar-refractivity contribution in [2.45, 2.75) is 35.7 Å². The normalized spacial score (nSPS) is 18.0. The van der Waals surface area contributed by atoms with Gasteiger partial charge in [-0.2, -0.15) is 34.8 Å². The van der Waals surface area contributed by atoms with Gasteiger partial charge in [0.05, 0.1) is 52.2 Å². The molecule has 1 fully saturated rings. The number of carbonyl (C=O) groups is 1. The largest absolute Gasteiger partial charge is 0.416 e. The van der Waals surface area contributed by atoms with Gasteiger partial charge in [0.25, 0.3) is 10.1 Å². The van der Waals surface area contributed by atoms with Crippen LogP contribution in [0.25, 0.3) is 0 Å². The molecule has 44 heavy (non-hydrogen) atoms. The number of halogens is 9. The van der Waals surface area contributed by atoms with Crippen LogP contribution in [0.4, 0.5) is 26.3 Å². The van der Waals surface area contributed by atoms with Gasteiger partial charge in [0.2, 0.25) is 5.91 Å². The van der Waals surface area contributed by atoms with Crippen molar-refractivity contribution in [2.24, 2.45) is 0 Å². The number of rotatable bonds is 8. The molecule has 0 aliphatic carbocycles. The molecule has 6 nitrogen and oxygen atoms in total. The number of ether oxygens (including phenoxy) is 1. The molecule has 1 unspecified atom stereocenters. The van der Waals surface area contributed by atoms with Gasteiger partial charge >= 0.3 is 12.4 Å². The number of hydrogen-bond donors (Lipinski definition) is 0. The lowest BCUT2D eigenvalue weighted by atomic mass is 9.88. The third kappa shape index (κ3) is 8.18. The van der Waals surface area contributed by atoms with E-state index in [4.69, 9.17) is 43.7 Å². The Kier molecular flexibility index (Phi) is 10.2. The maximum absolute atomic E-state index is 13.3. The highest BCUT2D eigenvalue weighted by molar-refractivity contribution is 7.86. The molecule has 1 atom stereocenters. The first kappa shape index (κ1) is 34.3. The van der Waals surface area contributed by atoms with Crippen molar-refractivity contribution in [2.75, 3.05) is 26.3 Å². The van der Waals surface area contributed by atoms with Crippen molar-refractivity contribution in [3.05, 3.63) is 98.0 Å². The third-order valence-electron chi connectivity index (χ3n) is 6.83. The zero-order chi connectivity index (χ0) is 32.5. The first-order valence-electron chi connectivity index (χ1n) is 12.7. The van der Waals surface area contributed by atoms with Gasteiger partial charge in [-0.1, -0.05) is 40.9 Å². The minimum absolute atomic E-state index is 0.0178. The van der Waals surface area contributed by atoms with Gasteiger partial charge in [-0.3, -0.25) is 8.98 Å². The standard InChI is InChI=1S/C28H22Cl3F6NO5S/c29-21-2-4-22(5-3-21)44(40,41)43-9-7-26(18-1-6-23(30)24(31)15-18)16-38(8-10-42-26)25(39)13-17-11-19(27(32,33)34)14-20(12-17)28(35,36)37/h1-6,11-12,14-15H,7-10,13,16H2. The Morgan fingerprint density at radius 2 is 1.50 bits per heavy atom. The first-order chi connectivity index (χ1) is 20.4. The lowest BCUT2D eigenvalue weighted by Gasteiger charge is -2.43. The Labute approximate surface area is 263 Å². The van der Waals surface area contributed by atoms with E-state index in [2.05, 4.69) is 0 Å². The second-order valence-electron chi connectivity index (χ2n) is 9.86. The molecule has 1 saturated heterocycles. The van der Waals surface area contributed by atoms with E-state index in [1.165, 1.54) is 47.4 Å². The molecule has 16 heteroatoms. The van der Waals surface area contributed by atoms with E-state index in [0.717, 1.165) is 0 Å². The molecular weight excluding hydrogens is 683 g/mol. The minimum atomic E-state index is -5.08. The number of alkyl halides is 6. The number of morpholine rings is 1. The predicted octanol–water partition coefficient (Wildman–Crippen LogP) is 7.78. The molecule has 0 N–H and O–H groups in total. The molecule has 0 aromatic heterocycles. The minimum Gasteiger partial charge on any atom is -0.366 e. The Morgan fingerprint density at radius 1 is 0.886 bits per heavy atom. The quantitative estimate of drug-likeness (QED) is 0.177. The summed E-state index contributed by atoms with van der Waals surface area (Å²) in [6, 6.07) is 10.7. The van der Waals surface area contributed by atoms with Gasteiger partial charge < -0.3 is 9.64 Å². The molecule has 3 aromatic rings. The fourth-order valence-corrected chi connectivity index (χ4v) is 5.97. The van der Waals surface area contributed by atoms with E-state index in [0.29, 0.717) is 22.7 Å². The molecule has 4 rings (SSSR count). The molecule has 0 spiro atoms. The van der Waals surface area contributed by atoms with Crippen LogP contribution in [-0.2, 0) is 48.2 Å². The van der Waals surface area contributed by atoms with Crippen LogP contribution in [0.15, 0.2) is 65.6 Å². The van der Waals surface area contributed by atoms with Crippen molar-refractivity contribution in [3.63, 3.8) is 0 Å². The van der Waals surface area contributed by atoms with Crippen molar-refractivity contribution < 1.29 is 48.5 Å². The van der Waals surface area contributed by atoms with E-state index < -0.39 is 63.7 Å². The zero-order valence-corrected chi connectivity index (χ0v) is 25.4. The molecule has 0 radical (unpaired) electrons. The Morgan fingerprint density at radius 3 is 2.07 bits per heavy atom. The van der Waals surface area contributed by atoms with E-state index in [1.807, 2.05) is 0 Å². The summed E-state index contributed by atoms with van der Waals surface area (Å²) in [5.74, 6) is -0.778. The van der Waals surface area contributed by atoms with E-state index >= 15 is 0 Å². The van der Waals surface area contributed by atoms with E-state index in [-0.39, 0.29) is 47.1 Å². The van der Waals surface area contributed by atoms with Gasteiger partial charge in [-0.25, -0.2) is 0 Å². The van der Waals surface area contributed by atoms with Gasteiger partial charge in [-0.05, 0) is 65.7 Å². The third-order valence-corrected chi connectivity index (χ3v) is 9.15. The monoisotopic (exact) mass is 703 g/mol. The number of carbonyl (C=O) groups excluding carboxylic acids is 1. The van der Waals surface area contributed by atoms with E-state index in [1.54, 1.807) is 0 Å². The summed E-state index contributed by atoms with van der Waals surface area (Å²) in [7, 11) is -4.23. The number of nitrogens with zero attached hydrogens (tertiary/aromatic N) is 1. The maximum Gasteiger partial charge on any atom is 0.416 e. The van der Waals surface area contributed by atoms with Crippen LogP contribution in [0, 0.1) is 0 Å². The maximum atomic E-state index is 13.3. The molecular formula is C28H22Cl3F6NO5S. The summed E-state index contributed by atoms with van der Waals surface area (Å²) in [5, 5.41) is 0.623. The molecule has 1 amide bonds. The Balaban J connectivity index is 1.60. The molecule has 1 heterocycles. The molecule has 0 bridgehead atoms. The lowest BCUT2D eigenvalue weighted by molar-refractivity contribution is -0.155. The fourth-order valence-electron chi connectivity index (χ4n) is 4.64. The molecule has 0 saturated carbocycles.